The molecule has 5 atom stereocenters. The molecule has 29 heavy (non-hydrogen) atoms. The van der Waals surface area contributed by atoms with Crippen LogP contribution < -0.4 is 14.8 Å². The Morgan fingerprint density at radius 3 is 2.62 bits per heavy atom. The molecule has 2 fully saturated rings. The van der Waals surface area contributed by atoms with E-state index < -0.39 is 0 Å². The van der Waals surface area contributed by atoms with Crippen molar-refractivity contribution in [1.29, 1.82) is 0 Å². The Bertz CT molecular complexity index is 753. The lowest BCUT2D eigenvalue weighted by Gasteiger charge is -2.52. The van der Waals surface area contributed by atoms with Crippen LogP contribution in [0, 0.1) is 17.8 Å². The molecule has 1 saturated heterocycles. The molecule has 6 heteroatoms. The third kappa shape index (κ3) is 4.58. The number of rotatable bonds is 5. The summed E-state index contributed by atoms with van der Waals surface area (Å²) in [6.45, 7) is 8.37. The molecule has 1 aliphatic heterocycles. The summed E-state index contributed by atoms with van der Waals surface area (Å²) in [6.07, 6.45) is 3.91. The van der Waals surface area contributed by atoms with Crippen LogP contribution in [0.1, 0.15) is 65.0 Å². The van der Waals surface area contributed by atoms with Crippen LogP contribution in [0.5, 0.6) is 11.5 Å². The average molecular weight is 468 g/mol. The fraction of sp³-hybridized carbons (Fsp3) is 0.696. The normalized spacial score (nSPS) is 31.9. The minimum Gasteiger partial charge on any atom is -0.493 e. The Balaban J connectivity index is 2.01. The van der Waals surface area contributed by atoms with Gasteiger partial charge in [0.15, 0.2) is 11.5 Å². The molecule has 1 heterocycles. The zero-order valence-electron chi connectivity index (χ0n) is 18.4. The first-order valence-electron chi connectivity index (χ1n) is 10.6. The molecule has 0 radical (unpaired) electrons. The van der Waals surface area contributed by atoms with E-state index in [1.165, 1.54) is 6.42 Å². The van der Waals surface area contributed by atoms with Crippen molar-refractivity contribution >= 4 is 21.8 Å². The van der Waals surface area contributed by atoms with E-state index in [-0.39, 0.29) is 29.6 Å². The van der Waals surface area contributed by atoms with Gasteiger partial charge in [-0.25, -0.2) is 0 Å². The molecule has 3 rings (SSSR count). The fourth-order valence-corrected chi connectivity index (χ4v) is 5.41. The van der Waals surface area contributed by atoms with Crippen LogP contribution >= 0.6 is 15.9 Å². The second-order valence-corrected chi connectivity index (χ2v) is 10.1. The third-order valence-electron chi connectivity index (χ3n) is 6.57. The molecular weight excluding hydrogens is 434 g/mol. The van der Waals surface area contributed by atoms with Gasteiger partial charge in [-0.05, 0) is 37.8 Å². The fourth-order valence-electron chi connectivity index (χ4n) is 4.95. The summed E-state index contributed by atoms with van der Waals surface area (Å²) >= 11 is 3.59. The van der Waals surface area contributed by atoms with E-state index >= 15 is 0 Å². The number of fused-ring (bicyclic) bond motifs is 1. The summed E-state index contributed by atoms with van der Waals surface area (Å²) in [4.78, 5) is 12.7. The Hall–Kier alpha value is -1.27. The van der Waals surface area contributed by atoms with Crippen LogP contribution in [0.15, 0.2) is 16.6 Å². The van der Waals surface area contributed by atoms with E-state index in [4.69, 9.17) is 14.2 Å². The minimum absolute atomic E-state index is 0.0467. The Labute approximate surface area is 183 Å². The van der Waals surface area contributed by atoms with Gasteiger partial charge in [-0.15, -0.1) is 0 Å². The Morgan fingerprint density at radius 1 is 1.28 bits per heavy atom. The average Bonchev–Trinajstić information content (AvgIpc) is 2.66. The lowest BCUT2D eigenvalue weighted by molar-refractivity contribution is -0.155. The van der Waals surface area contributed by atoms with Gasteiger partial charge in [0.05, 0.1) is 26.4 Å². The molecule has 0 bridgehead atoms. The number of amides is 1. The molecule has 1 aliphatic carbocycles. The van der Waals surface area contributed by atoms with Gasteiger partial charge in [0, 0.05) is 33.8 Å². The van der Waals surface area contributed by atoms with E-state index in [2.05, 4.69) is 35.1 Å². The van der Waals surface area contributed by atoms with Crippen LogP contribution in [0.25, 0.3) is 0 Å². The maximum absolute atomic E-state index is 12.7. The summed E-state index contributed by atoms with van der Waals surface area (Å²) < 4.78 is 18.8. The molecule has 2 aliphatic rings. The highest BCUT2D eigenvalue weighted by molar-refractivity contribution is 9.10. The van der Waals surface area contributed by atoms with E-state index in [0.717, 1.165) is 22.9 Å². The quantitative estimate of drug-likeness (QED) is 0.640. The zero-order chi connectivity index (χ0) is 21.3. The van der Waals surface area contributed by atoms with Crippen LogP contribution in [0.4, 0.5) is 0 Å². The predicted molar refractivity (Wildman–Crippen MR) is 117 cm³/mol. The van der Waals surface area contributed by atoms with Crippen LogP contribution in [-0.4, -0.2) is 31.8 Å². The van der Waals surface area contributed by atoms with Gasteiger partial charge < -0.3 is 19.5 Å². The minimum atomic E-state index is -0.324. The van der Waals surface area contributed by atoms with Gasteiger partial charge in [0.25, 0.3) is 0 Å². The topological polar surface area (TPSA) is 56.8 Å². The van der Waals surface area contributed by atoms with Gasteiger partial charge in [0.2, 0.25) is 5.91 Å². The van der Waals surface area contributed by atoms with Crippen LogP contribution in [0.2, 0.25) is 0 Å². The van der Waals surface area contributed by atoms with Gasteiger partial charge >= 0.3 is 0 Å². The summed E-state index contributed by atoms with van der Waals surface area (Å²) in [5.41, 5.74) is 0.635. The maximum atomic E-state index is 12.7. The smallest absolute Gasteiger partial charge is 0.222 e. The van der Waals surface area contributed by atoms with Crippen molar-refractivity contribution in [1.82, 2.24) is 5.32 Å². The van der Waals surface area contributed by atoms with Crippen molar-refractivity contribution in [2.45, 2.75) is 71.1 Å². The number of hydrogen-bond donors (Lipinski definition) is 1. The number of nitrogens with one attached hydrogen (secondary N) is 1. The van der Waals surface area contributed by atoms with Gasteiger partial charge in [-0.3, -0.25) is 4.79 Å². The highest BCUT2D eigenvalue weighted by Gasteiger charge is 2.50. The molecule has 1 amide bonds. The Kier molecular flexibility index (Phi) is 6.84. The second kappa shape index (κ2) is 8.84. The van der Waals surface area contributed by atoms with Crippen molar-refractivity contribution in [2.24, 2.45) is 17.8 Å². The molecule has 5 nitrogen and oxygen atoms in total. The number of hydrogen-bond acceptors (Lipinski definition) is 4. The van der Waals surface area contributed by atoms with Crippen molar-refractivity contribution in [2.75, 3.05) is 14.2 Å². The number of halogens is 1. The molecule has 0 unspecified atom stereocenters. The van der Waals surface area contributed by atoms with Crippen molar-refractivity contribution < 1.29 is 19.0 Å². The second-order valence-electron chi connectivity index (χ2n) is 9.18. The summed E-state index contributed by atoms with van der Waals surface area (Å²) in [5.74, 6) is 2.36. The van der Waals surface area contributed by atoms with E-state index in [1.807, 2.05) is 26.0 Å². The summed E-state index contributed by atoms with van der Waals surface area (Å²) in [5, 5.41) is 3.39. The number of carbonyl (C=O) groups is 1. The summed E-state index contributed by atoms with van der Waals surface area (Å²) in [6, 6.07) is 3.94. The molecular formula is C23H34BrNO4. The lowest BCUT2D eigenvalue weighted by Crippen LogP contribution is -2.61. The molecule has 0 aromatic heterocycles. The molecule has 1 aromatic rings. The van der Waals surface area contributed by atoms with Crippen LogP contribution in [-0.2, 0) is 9.53 Å². The summed E-state index contributed by atoms with van der Waals surface area (Å²) in [7, 11) is 3.30. The van der Waals surface area contributed by atoms with Gasteiger partial charge in [0.1, 0.15) is 0 Å². The van der Waals surface area contributed by atoms with E-state index in [9.17, 15) is 4.79 Å². The number of benzene rings is 1. The van der Waals surface area contributed by atoms with E-state index in [1.54, 1.807) is 14.2 Å². The van der Waals surface area contributed by atoms with Crippen molar-refractivity contribution in [3.8, 4) is 11.5 Å². The lowest BCUT2D eigenvalue weighted by atomic mass is 9.66. The Morgan fingerprint density at radius 2 is 2.00 bits per heavy atom. The standard InChI is InChI=1S/C23H34BrNO4/c1-13(2)22(26)25-23(4)12-20(29-18-9-14(3)7-8-17(18)23)16-10-15(24)11-19(27-5)21(16)28-6/h10-11,13-14,17-18,20H,7-9,12H2,1-6H3,(H,25,26)/t14-,17-,18-,20-,23-/m0/s1. The third-order valence-corrected chi connectivity index (χ3v) is 7.03. The molecule has 0 spiro atoms. The highest BCUT2D eigenvalue weighted by atomic mass is 79.9. The number of ether oxygens (including phenoxy) is 3. The highest BCUT2D eigenvalue weighted by Crippen LogP contribution is 2.50. The van der Waals surface area contributed by atoms with Gasteiger partial charge in [-0.2, -0.15) is 0 Å². The molecule has 1 aromatic carbocycles. The monoisotopic (exact) mass is 467 g/mol. The zero-order valence-corrected chi connectivity index (χ0v) is 20.0. The number of carbonyl (C=O) groups excluding carboxylic acids is 1. The first kappa shape index (κ1) is 22.4. The first-order chi connectivity index (χ1) is 13.7. The largest absolute Gasteiger partial charge is 0.493 e. The van der Waals surface area contributed by atoms with Gasteiger partial charge in [-0.1, -0.05) is 43.1 Å². The van der Waals surface area contributed by atoms with Crippen LogP contribution in [0.3, 0.4) is 0 Å². The molecule has 1 N–H and O–H groups in total. The van der Waals surface area contributed by atoms with E-state index in [0.29, 0.717) is 29.8 Å². The number of methoxy groups -OCH3 is 2. The van der Waals surface area contributed by atoms with Crippen molar-refractivity contribution in [3.05, 3.63) is 22.2 Å². The molecule has 1 saturated carbocycles. The predicted octanol–water partition coefficient (Wildman–Crippen LogP) is 5.26. The van der Waals surface area contributed by atoms with Crippen molar-refractivity contribution in [3.63, 3.8) is 0 Å². The molecule has 162 valence electrons. The first-order valence-corrected chi connectivity index (χ1v) is 11.4. The SMILES string of the molecule is COc1cc(Br)cc([C@@H]2C[C@](C)(NC(=O)C(C)C)[C@H]3CC[C@H](C)C[C@@H]3O2)c1OC. The maximum Gasteiger partial charge on any atom is 0.222 e.